The highest BCUT2D eigenvalue weighted by molar-refractivity contribution is 5.92. The molecule has 20 heavy (non-hydrogen) atoms. The Labute approximate surface area is 122 Å². The van der Waals surface area contributed by atoms with Gasteiger partial charge in [-0.3, -0.25) is 0 Å². The van der Waals surface area contributed by atoms with E-state index in [1.54, 1.807) is 6.20 Å². The summed E-state index contributed by atoms with van der Waals surface area (Å²) in [6.45, 7) is 9.92. The van der Waals surface area contributed by atoms with Gasteiger partial charge < -0.3 is 9.64 Å². The average Bonchev–Trinajstić information content (AvgIpc) is 2.80. The SMILES string of the molecule is CC.CC.CN1CCC2(CC1)OC(=O)c1ncccc12. The molecule has 1 aromatic heterocycles. The van der Waals surface area contributed by atoms with Crippen LogP contribution in [-0.4, -0.2) is 36.0 Å². The number of likely N-dealkylation sites (tertiary alicyclic amines) is 1. The zero-order valence-electron chi connectivity index (χ0n) is 13.3. The van der Waals surface area contributed by atoms with Crippen LogP contribution in [0.5, 0.6) is 0 Å². The van der Waals surface area contributed by atoms with E-state index < -0.39 is 5.60 Å². The molecule has 1 aromatic rings. The molecule has 0 amide bonds. The largest absolute Gasteiger partial charge is 0.449 e. The molecule has 4 nitrogen and oxygen atoms in total. The summed E-state index contributed by atoms with van der Waals surface area (Å²) in [4.78, 5) is 18.1. The quantitative estimate of drug-likeness (QED) is 0.683. The van der Waals surface area contributed by atoms with Gasteiger partial charge in [-0.15, -0.1) is 0 Å². The van der Waals surface area contributed by atoms with Crippen LogP contribution in [0.2, 0.25) is 0 Å². The first-order valence-corrected chi connectivity index (χ1v) is 7.59. The van der Waals surface area contributed by atoms with Crippen LogP contribution in [0.15, 0.2) is 18.3 Å². The van der Waals surface area contributed by atoms with Crippen LogP contribution in [0, 0.1) is 0 Å². The van der Waals surface area contributed by atoms with Crippen molar-refractivity contribution in [1.82, 2.24) is 9.88 Å². The first kappa shape index (κ1) is 16.6. The van der Waals surface area contributed by atoms with Gasteiger partial charge in [-0.2, -0.15) is 0 Å². The summed E-state index contributed by atoms with van der Waals surface area (Å²) in [6, 6.07) is 3.85. The molecule has 3 heterocycles. The van der Waals surface area contributed by atoms with Gasteiger partial charge >= 0.3 is 5.97 Å². The fourth-order valence-corrected chi connectivity index (χ4v) is 2.57. The van der Waals surface area contributed by atoms with Gasteiger partial charge in [0.05, 0.1) is 0 Å². The summed E-state index contributed by atoms with van der Waals surface area (Å²) in [7, 11) is 2.09. The number of rotatable bonds is 0. The van der Waals surface area contributed by atoms with Crippen molar-refractivity contribution in [2.24, 2.45) is 0 Å². The fraction of sp³-hybridized carbons (Fsp3) is 0.625. The number of nitrogens with zero attached hydrogens (tertiary/aromatic N) is 2. The molecule has 1 spiro atoms. The number of esters is 1. The summed E-state index contributed by atoms with van der Waals surface area (Å²) < 4.78 is 5.58. The molecule has 0 bridgehead atoms. The second kappa shape index (κ2) is 7.39. The average molecular weight is 278 g/mol. The Bertz CT molecular complexity index is 438. The first-order valence-electron chi connectivity index (χ1n) is 7.59. The number of ether oxygens (including phenoxy) is 1. The van der Waals surface area contributed by atoms with Gasteiger partial charge in [0.1, 0.15) is 5.60 Å². The standard InChI is InChI=1S/C12H14N2O2.2C2H6/c1-14-7-4-12(5-8-14)9-3-2-6-13-10(9)11(15)16-12;2*1-2/h2-3,6H,4-5,7-8H2,1H3;2*1-2H3. The van der Waals surface area contributed by atoms with Crippen LogP contribution in [0.3, 0.4) is 0 Å². The van der Waals surface area contributed by atoms with Gasteiger partial charge in [0.25, 0.3) is 0 Å². The highest BCUT2D eigenvalue weighted by atomic mass is 16.6. The van der Waals surface area contributed by atoms with Gasteiger partial charge in [-0.25, -0.2) is 9.78 Å². The Hall–Kier alpha value is -1.42. The number of hydrogen-bond donors (Lipinski definition) is 0. The van der Waals surface area contributed by atoms with Crippen molar-refractivity contribution in [2.75, 3.05) is 20.1 Å². The maximum Gasteiger partial charge on any atom is 0.358 e. The van der Waals surface area contributed by atoms with Crippen molar-refractivity contribution in [3.05, 3.63) is 29.6 Å². The number of carbonyl (C=O) groups is 1. The summed E-state index contributed by atoms with van der Waals surface area (Å²) in [5.74, 6) is -0.264. The molecule has 2 aliphatic rings. The molecule has 0 unspecified atom stereocenters. The summed E-state index contributed by atoms with van der Waals surface area (Å²) in [6.07, 6.45) is 3.38. The maximum atomic E-state index is 11.7. The third kappa shape index (κ3) is 3.01. The zero-order valence-corrected chi connectivity index (χ0v) is 13.3. The van der Waals surface area contributed by atoms with Gasteiger partial charge in [-0.1, -0.05) is 33.8 Å². The molecule has 0 N–H and O–H groups in total. The van der Waals surface area contributed by atoms with Gasteiger partial charge in [0, 0.05) is 37.7 Å². The molecule has 1 saturated heterocycles. The minimum absolute atomic E-state index is 0.264. The van der Waals surface area contributed by atoms with Crippen LogP contribution in [0.4, 0.5) is 0 Å². The van der Waals surface area contributed by atoms with E-state index in [9.17, 15) is 4.79 Å². The van der Waals surface area contributed by atoms with Crippen LogP contribution in [-0.2, 0) is 10.3 Å². The molecular formula is C16H26N2O2. The molecule has 1 fully saturated rings. The summed E-state index contributed by atoms with van der Waals surface area (Å²) in [5, 5.41) is 0. The topological polar surface area (TPSA) is 42.4 Å². The molecule has 0 aromatic carbocycles. The normalized spacial score (nSPS) is 19.1. The lowest BCUT2D eigenvalue weighted by Gasteiger charge is -2.36. The highest BCUT2D eigenvalue weighted by Gasteiger charge is 2.47. The van der Waals surface area contributed by atoms with E-state index in [1.165, 1.54) is 0 Å². The molecule has 0 atom stereocenters. The lowest BCUT2D eigenvalue weighted by Crippen LogP contribution is -2.40. The molecule has 2 aliphatic heterocycles. The molecule has 4 heteroatoms. The Morgan fingerprint density at radius 2 is 1.80 bits per heavy atom. The van der Waals surface area contributed by atoms with Crippen LogP contribution in [0.25, 0.3) is 0 Å². The number of piperidine rings is 1. The van der Waals surface area contributed by atoms with Gasteiger partial charge in [0.2, 0.25) is 0 Å². The monoisotopic (exact) mass is 278 g/mol. The number of carbonyl (C=O) groups excluding carboxylic acids is 1. The predicted molar refractivity (Wildman–Crippen MR) is 80.8 cm³/mol. The first-order chi connectivity index (χ1) is 9.71. The third-order valence-electron chi connectivity index (χ3n) is 3.57. The molecule has 0 aliphatic carbocycles. The Balaban J connectivity index is 0.000000461. The van der Waals surface area contributed by atoms with E-state index in [2.05, 4.69) is 16.9 Å². The maximum absolute atomic E-state index is 11.7. The summed E-state index contributed by atoms with van der Waals surface area (Å²) in [5.41, 5.74) is 1.09. The van der Waals surface area contributed by atoms with Crippen molar-refractivity contribution >= 4 is 5.97 Å². The van der Waals surface area contributed by atoms with Gasteiger partial charge in [-0.05, 0) is 13.1 Å². The van der Waals surface area contributed by atoms with Crippen molar-refractivity contribution in [1.29, 1.82) is 0 Å². The molecule has 0 radical (unpaired) electrons. The number of hydrogen-bond acceptors (Lipinski definition) is 4. The smallest absolute Gasteiger partial charge is 0.358 e. The van der Waals surface area contributed by atoms with Crippen molar-refractivity contribution < 1.29 is 9.53 Å². The summed E-state index contributed by atoms with van der Waals surface area (Å²) >= 11 is 0. The van der Waals surface area contributed by atoms with E-state index in [0.717, 1.165) is 31.5 Å². The van der Waals surface area contributed by atoms with Gasteiger partial charge in [0.15, 0.2) is 5.69 Å². The van der Waals surface area contributed by atoms with E-state index >= 15 is 0 Å². The van der Waals surface area contributed by atoms with Crippen molar-refractivity contribution in [3.63, 3.8) is 0 Å². The van der Waals surface area contributed by atoms with E-state index in [-0.39, 0.29) is 5.97 Å². The highest BCUT2D eigenvalue weighted by Crippen LogP contribution is 2.42. The van der Waals surface area contributed by atoms with E-state index in [1.807, 2.05) is 39.8 Å². The number of fused-ring (bicyclic) bond motifs is 2. The van der Waals surface area contributed by atoms with E-state index in [4.69, 9.17) is 4.74 Å². The third-order valence-corrected chi connectivity index (χ3v) is 3.57. The Morgan fingerprint density at radius 3 is 2.40 bits per heavy atom. The number of aromatic nitrogens is 1. The molecular weight excluding hydrogens is 252 g/mol. The second-order valence-corrected chi connectivity index (χ2v) is 4.59. The van der Waals surface area contributed by atoms with Crippen LogP contribution in [0.1, 0.15) is 56.6 Å². The van der Waals surface area contributed by atoms with Crippen LogP contribution >= 0.6 is 0 Å². The lowest BCUT2D eigenvalue weighted by molar-refractivity contribution is -0.0394. The fourth-order valence-electron chi connectivity index (χ4n) is 2.57. The lowest BCUT2D eigenvalue weighted by atomic mass is 9.85. The molecule has 0 saturated carbocycles. The molecule has 3 rings (SSSR count). The number of pyridine rings is 1. The van der Waals surface area contributed by atoms with Crippen molar-refractivity contribution in [2.45, 2.75) is 46.1 Å². The van der Waals surface area contributed by atoms with Crippen LogP contribution < -0.4 is 0 Å². The van der Waals surface area contributed by atoms with E-state index in [0.29, 0.717) is 5.69 Å². The Morgan fingerprint density at radius 1 is 1.20 bits per heavy atom. The Kier molecular flexibility index (Phi) is 6.14. The zero-order chi connectivity index (χ0) is 15.2. The van der Waals surface area contributed by atoms with Crippen molar-refractivity contribution in [3.8, 4) is 0 Å². The molecule has 112 valence electrons. The predicted octanol–water partition coefficient (Wildman–Crippen LogP) is 3.23. The second-order valence-electron chi connectivity index (χ2n) is 4.59. The minimum atomic E-state index is -0.396. The minimum Gasteiger partial charge on any atom is -0.449 e.